The summed E-state index contributed by atoms with van der Waals surface area (Å²) < 4.78 is 0. The van der Waals surface area contributed by atoms with Gasteiger partial charge in [0.1, 0.15) is 5.01 Å². The highest BCUT2D eigenvalue weighted by molar-refractivity contribution is 7.98. The average Bonchev–Trinajstić information content (AvgIpc) is 2.62. The first-order valence-electron chi connectivity index (χ1n) is 4.64. The van der Waals surface area contributed by atoms with Gasteiger partial charge in [-0.3, -0.25) is 0 Å². The molecule has 2 nitrogen and oxygen atoms in total. The third kappa shape index (κ3) is 2.97. The molecule has 4 heteroatoms. The number of aromatic nitrogens is 1. The molecule has 0 aliphatic carbocycles. The quantitative estimate of drug-likeness (QED) is 0.656. The molecular weight excluding hydrogens is 224 g/mol. The van der Waals surface area contributed by atoms with Crippen LogP contribution in [0.4, 0.5) is 5.69 Å². The molecule has 15 heavy (non-hydrogen) atoms. The Morgan fingerprint density at radius 2 is 2.33 bits per heavy atom. The number of anilines is 1. The summed E-state index contributed by atoms with van der Waals surface area (Å²) in [6.07, 6.45) is 1.92. The van der Waals surface area contributed by atoms with Gasteiger partial charge in [0.15, 0.2) is 0 Å². The standard InChI is InChI=1S/C11H12N2S2/c1-8-6-13-11(15-8)7-14-10-4-2-3-9(12)5-10/h2-6H,7,12H2,1H3. The van der Waals surface area contributed by atoms with Crippen molar-refractivity contribution in [2.24, 2.45) is 0 Å². The molecule has 78 valence electrons. The minimum absolute atomic E-state index is 0.815. The molecule has 1 heterocycles. The number of hydrogen-bond acceptors (Lipinski definition) is 4. The van der Waals surface area contributed by atoms with Gasteiger partial charge in [0, 0.05) is 21.7 Å². The molecule has 0 aliphatic heterocycles. The number of benzene rings is 1. The van der Waals surface area contributed by atoms with Crippen LogP contribution in [0.3, 0.4) is 0 Å². The summed E-state index contributed by atoms with van der Waals surface area (Å²) in [6.45, 7) is 2.08. The van der Waals surface area contributed by atoms with E-state index in [1.54, 1.807) is 23.1 Å². The third-order valence-corrected chi connectivity index (χ3v) is 3.99. The van der Waals surface area contributed by atoms with E-state index in [2.05, 4.69) is 18.0 Å². The van der Waals surface area contributed by atoms with Gasteiger partial charge in [0.25, 0.3) is 0 Å². The zero-order valence-corrected chi connectivity index (χ0v) is 10.1. The highest BCUT2D eigenvalue weighted by Gasteiger charge is 2.00. The zero-order chi connectivity index (χ0) is 10.7. The molecule has 0 amide bonds. The van der Waals surface area contributed by atoms with Crippen molar-refractivity contribution in [1.29, 1.82) is 0 Å². The second-order valence-electron chi connectivity index (χ2n) is 3.23. The summed E-state index contributed by atoms with van der Waals surface area (Å²) in [5, 5.41) is 1.17. The Balaban J connectivity index is 1.99. The SMILES string of the molecule is Cc1cnc(CSc2cccc(N)c2)s1. The van der Waals surface area contributed by atoms with E-state index in [0.717, 1.165) is 11.4 Å². The first-order chi connectivity index (χ1) is 7.24. The fraction of sp³-hybridized carbons (Fsp3) is 0.182. The van der Waals surface area contributed by atoms with Crippen molar-refractivity contribution >= 4 is 28.8 Å². The summed E-state index contributed by atoms with van der Waals surface area (Å²) in [5.41, 5.74) is 6.52. The van der Waals surface area contributed by atoms with Crippen LogP contribution >= 0.6 is 23.1 Å². The van der Waals surface area contributed by atoms with Crippen molar-refractivity contribution in [2.75, 3.05) is 5.73 Å². The molecule has 2 N–H and O–H groups in total. The van der Waals surface area contributed by atoms with Crippen molar-refractivity contribution < 1.29 is 0 Å². The third-order valence-electron chi connectivity index (χ3n) is 1.89. The van der Waals surface area contributed by atoms with E-state index in [9.17, 15) is 0 Å². The molecular formula is C11H12N2S2. The van der Waals surface area contributed by atoms with Crippen LogP contribution in [-0.2, 0) is 5.75 Å². The lowest BCUT2D eigenvalue weighted by Crippen LogP contribution is -1.84. The van der Waals surface area contributed by atoms with Crippen molar-refractivity contribution in [1.82, 2.24) is 4.98 Å². The summed E-state index contributed by atoms with van der Waals surface area (Å²) in [5.74, 6) is 0.919. The summed E-state index contributed by atoms with van der Waals surface area (Å²) in [6, 6.07) is 7.94. The number of nitrogens with zero attached hydrogens (tertiary/aromatic N) is 1. The van der Waals surface area contributed by atoms with Gasteiger partial charge in [-0.1, -0.05) is 6.07 Å². The van der Waals surface area contributed by atoms with Crippen molar-refractivity contribution in [2.45, 2.75) is 17.6 Å². The molecule has 0 radical (unpaired) electrons. The van der Waals surface area contributed by atoms with Gasteiger partial charge in [-0.15, -0.1) is 23.1 Å². The molecule has 0 saturated heterocycles. The Bertz CT molecular complexity index is 451. The number of hydrogen-bond donors (Lipinski definition) is 1. The van der Waals surface area contributed by atoms with E-state index < -0.39 is 0 Å². The maximum absolute atomic E-state index is 5.71. The van der Waals surface area contributed by atoms with Gasteiger partial charge in [-0.25, -0.2) is 4.98 Å². The predicted molar refractivity (Wildman–Crippen MR) is 67.3 cm³/mol. The second-order valence-corrected chi connectivity index (χ2v) is 5.59. The molecule has 0 atom stereocenters. The minimum atomic E-state index is 0.815. The van der Waals surface area contributed by atoms with Crippen LogP contribution in [0.25, 0.3) is 0 Å². The molecule has 0 fully saturated rings. The van der Waals surface area contributed by atoms with Crippen LogP contribution in [0, 0.1) is 6.92 Å². The van der Waals surface area contributed by atoms with Gasteiger partial charge in [0.05, 0.1) is 5.75 Å². The van der Waals surface area contributed by atoms with Gasteiger partial charge < -0.3 is 5.73 Å². The summed E-state index contributed by atoms with van der Waals surface area (Å²) >= 11 is 3.52. The lowest BCUT2D eigenvalue weighted by atomic mass is 10.3. The van der Waals surface area contributed by atoms with Gasteiger partial charge in [-0.2, -0.15) is 0 Å². The highest BCUT2D eigenvalue weighted by atomic mass is 32.2. The van der Waals surface area contributed by atoms with Crippen molar-refractivity contribution in [3.05, 3.63) is 40.3 Å². The Hall–Kier alpha value is -1.00. The normalized spacial score (nSPS) is 10.5. The van der Waals surface area contributed by atoms with Crippen LogP contribution in [0.15, 0.2) is 35.4 Å². The molecule has 2 aromatic rings. The molecule has 2 rings (SSSR count). The largest absolute Gasteiger partial charge is 0.399 e. The first-order valence-corrected chi connectivity index (χ1v) is 6.44. The molecule has 0 bridgehead atoms. The first kappa shape index (κ1) is 10.5. The van der Waals surface area contributed by atoms with E-state index in [1.165, 1.54) is 14.8 Å². The topological polar surface area (TPSA) is 38.9 Å². The number of nitrogen functional groups attached to an aromatic ring is 1. The summed E-state index contributed by atoms with van der Waals surface area (Å²) in [7, 11) is 0. The fourth-order valence-electron chi connectivity index (χ4n) is 1.22. The predicted octanol–water partition coefficient (Wildman–Crippen LogP) is 3.33. The number of thioether (sulfide) groups is 1. The maximum Gasteiger partial charge on any atom is 0.103 e. The van der Waals surface area contributed by atoms with E-state index >= 15 is 0 Å². The molecule has 0 saturated carbocycles. The van der Waals surface area contributed by atoms with Crippen LogP contribution in [0.2, 0.25) is 0 Å². The number of aryl methyl sites for hydroxylation is 1. The van der Waals surface area contributed by atoms with Crippen molar-refractivity contribution in [3.63, 3.8) is 0 Å². The maximum atomic E-state index is 5.71. The molecule has 1 aromatic heterocycles. The van der Waals surface area contributed by atoms with E-state index in [1.807, 2.05) is 24.4 Å². The van der Waals surface area contributed by atoms with Crippen LogP contribution in [-0.4, -0.2) is 4.98 Å². The number of rotatable bonds is 3. The van der Waals surface area contributed by atoms with Crippen molar-refractivity contribution in [3.8, 4) is 0 Å². The second kappa shape index (κ2) is 4.68. The fourth-order valence-corrected chi connectivity index (χ4v) is 2.97. The minimum Gasteiger partial charge on any atom is -0.399 e. The Morgan fingerprint density at radius 1 is 1.47 bits per heavy atom. The van der Waals surface area contributed by atoms with Crippen LogP contribution < -0.4 is 5.73 Å². The molecule has 1 aromatic carbocycles. The Labute approximate surface area is 97.5 Å². The number of thiazole rings is 1. The van der Waals surface area contributed by atoms with E-state index in [4.69, 9.17) is 5.73 Å². The highest BCUT2D eigenvalue weighted by Crippen LogP contribution is 2.25. The summed E-state index contributed by atoms with van der Waals surface area (Å²) in [4.78, 5) is 6.78. The van der Waals surface area contributed by atoms with Gasteiger partial charge in [-0.05, 0) is 25.1 Å². The molecule has 0 unspecified atom stereocenters. The van der Waals surface area contributed by atoms with E-state index in [0.29, 0.717) is 0 Å². The Morgan fingerprint density at radius 3 is 3.00 bits per heavy atom. The number of nitrogens with two attached hydrogens (primary N) is 1. The average molecular weight is 236 g/mol. The van der Waals surface area contributed by atoms with Crippen LogP contribution in [0.1, 0.15) is 9.88 Å². The van der Waals surface area contributed by atoms with Crippen LogP contribution in [0.5, 0.6) is 0 Å². The smallest absolute Gasteiger partial charge is 0.103 e. The zero-order valence-electron chi connectivity index (χ0n) is 8.43. The lowest BCUT2D eigenvalue weighted by molar-refractivity contribution is 1.25. The lowest BCUT2D eigenvalue weighted by Gasteiger charge is -1.99. The molecule has 0 spiro atoms. The van der Waals surface area contributed by atoms with Gasteiger partial charge in [0.2, 0.25) is 0 Å². The Kier molecular flexibility index (Phi) is 3.28. The molecule has 0 aliphatic rings. The van der Waals surface area contributed by atoms with Gasteiger partial charge >= 0.3 is 0 Å². The monoisotopic (exact) mass is 236 g/mol. The van der Waals surface area contributed by atoms with E-state index in [-0.39, 0.29) is 0 Å².